The molecule has 1 fully saturated rings. The third-order valence-corrected chi connectivity index (χ3v) is 3.63. The summed E-state index contributed by atoms with van der Waals surface area (Å²) in [5.74, 6) is 6.40. The highest BCUT2D eigenvalue weighted by Gasteiger charge is 2.19. The van der Waals surface area contributed by atoms with Crippen molar-refractivity contribution >= 4 is 5.97 Å². The van der Waals surface area contributed by atoms with Crippen molar-refractivity contribution in [2.75, 3.05) is 6.61 Å². The van der Waals surface area contributed by atoms with E-state index in [4.69, 9.17) is 9.57 Å². The van der Waals surface area contributed by atoms with Crippen LogP contribution in [0.3, 0.4) is 0 Å². The van der Waals surface area contributed by atoms with E-state index in [0.717, 1.165) is 11.3 Å². The highest BCUT2D eigenvalue weighted by molar-refractivity contribution is 5.86. The number of rotatable bonds is 5. The zero-order valence-electron chi connectivity index (χ0n) is 14.1. The third-order valence-electron chi connectivity index (χ3n) is 3.63. The van der Waals surface area contributed by atoms with Crippen molar-refractivity contribution in [2.45, 2.75) is 26.2 Å². The van der Waals surface area contributed by atoms with E-state index < -0.39 is 5.97 Å². The Bertz CT molecular complexity index is 899. The molecular weight excluding hydrogens is 324 g/mol. The number of carbonyl (C=O) groups is 1. The molecule has 2 aromatic heterocycles. The van der Waals surface area contributed by atoms with E-state index in [1.165, 1.54) is 29.8 Å². The van der Waals surface area contributed by atoms with Gasteiger partial charge in [0.25, 0.3) is 5.56 Å². The molecular formula is C17H18N4O4. The van der Waals surface area contributed by atoms with Gasteiger partial charge in [0.15, 0.2) is 11.4 Å². The molecule has 0 atom stereocenters. The third kappa shape index (κ3) is 4.26. The number of pyridine rings is 1. The van der Waals surface area contributed by atoms with Gasteiger partial charge in [-0.15, -0.1) is 5.10 Å². The lowest BCUT2D eigenvalue weighted by molar-refractivity contribution is 0.0519. The van der Waals surface area contributed by atoms with Crippen LogP contribution in [0.5, 0.6) is 5.75 Å². The lowest BCUT2D eigenvalue weighted by atomic mass is 10.2. The highest BCUT2D eigenvalue weighted by Crippen LogP contribution is 2.31. The molecule has 2 aromatic rings. The van der Waals surface area contributed by atoms with Crippen molar-refractivity contribution in [3.63, 3.8) is 0 Å². The number of carbonyl (C=O) groups excluding carboxylic acids is 1. The van der Waals surface area contributed by atoms with Crippen molar-refractivity contribution < 1.29 is 14.4 Å². The number of aryl methyl sites for hydroxylation is 1. The van der Waals surface area contributed by atoms with Crippen molar-refractivity contribution in [3.05, 3.63) is 40.1 Å². The Balaban J connectivity index is 1.77. The Hall–Kier alpha value is -3.08. The van der Waals surface area contributed by atoms with Gasteiger partial charge in [-0.3, -0.25) is 4.79 Å². The second-order valence-corrected chi connectivity index (χ2v) is 5.77. The summed E-state index contributed by atoms with van der Waals surface area (Å²) in [5.41, 5.74) is 0.198. The first-order valence-electron chi connectivity index (χ1n) is 8.04. The molecule has 0 aliphatic heterocycles. The Morgan fingerprint density at radius 3 is 2.92 bits per heavy atom. The molecule has 0 aromatic carbocycles. The monoisotopic (exact) mass is 342 g/mol. The van der Waals surface area contributed by atoms with Crippen LogP contribution >= 0.6 is 0 Å². The molecule has 3 rings (SSSR count). The largest absolute Gasteiger partial charge is 0.461 e. The second-order valence-electron chi connectivity index (χ2n) is 5.77. The van der Waals surface area contributed by atoms with Gasteiger partial charge in [-0.2, -0.15) is 0 Å². The number of esters is 1. The molecule has 0 spiro atoms. The van der Waals surface area contributed by atoms with E-state index >= 15 is 0 Å². The molecule has 0 amide bonds. The van der Waals surface area contributed by atoms with Crippen LogP contribution in [-0.2, 0) is 11.8 Å². The summed E-state index contributed by atoms with van der Waals surface area (Å²) in [4.78, 5) is 30.3. The molecule has 0 radical (unpaired) electrons. The predicted octanol–water partition coefficient (Wildman–Crippen LogP) is 1.15. The first-order valence-corrected chi connectivity index (χ1v) is 8.04. The summed E-state index contributed by atoms with van der Waals surface area (Å²) >= 11 is 0. The molecule has 1 aliphatic carbocycles. The van der Waals surface area contributed by atoms with Gasteiger partial charge < -0.3 is 14.1 Å². The van der Waals surface area contributed by atoms with E-state index in [2.05, 4.69) is 22.2 Å². The lowest BCUT2D eigenvalue weighted by Crippen LogP contribution is -2.20. The summed E-state index contributed by atoms with van der Waals surface area (Å²) in [7, 11) is 1.62. The Morgan fingerprint density at radius 1 is 1.40 bits per heavy atom. The topological polar surface area (TPSA) is 88.2 Å². The van der Waals surface area contributed by atoms with Gasteiger partial charge in [-0.1, -0.05) is 16.7 Å². The molecule has 0 unspecified atom stereocenters. The maximum Gasteiger partial charge on any atom is 0.360 e. The fourth-order valence-corrected chi connectivity index (χ4v) is 2.13. The molecule has 0 bridgehead atoms. The van der Waals surface area contributed by atoms with E-state index in [9.17, 15) is 9.59 Å². The van der Waals surface area contributed by atoms with Gasteiger partial charge in [-0.25, -0.2) is 4.79 Å². The zero-order chi connectivity index (χ0) is 17.8. The number of hydrogen-bond acceptors (Lipinski definition) is 6. The fourth-order valence-electron chi connectivity index (χ4n) is 2.13. The molecule has 25 heavy (non-hydrogen) atoms. The minimum Gasteiger partial charge on any atom is -0.461 e. The number of nitrogens with zero attached hydrogens (tertiary/aromatic N) is 4. The molecule has 0 saturated heterocycles. The molecule has 8 nitrogen and oxygen atoms in total. The Morgan fingerprint density at radius 2 is 2.20 bits per heavy atom. The number of hydrogen-bond donors (Lipinski definition) is 0. The van der Waals surface area contributed by atoms with Crippen LogP contribution < -0.4 is 10.4 Å². The normalized spacial score (nSPS) is 13.0. The average molecular weight is 342 g/mol. The van der Waals surface area contributed by atoms with E-state index in [1.54, 1.807) is 20.0 Å². The lowest BCUT2D eigenvalue weighted by Gasteiger charge is -2.06. The van der Waals surface area contributed by atoms with Gasteiger partial charge in [0.1, 0.15) is 6.20 Å². The van der Waals surface area contributed by atoms with Crippen LogP contribution in [0.15, 0.2) is 23.3 Å². The molecule has 8 heteroatoms. The van der Waals surface area contributed by atoms with Crippen molar-refractivity contribution in [1.29, 1.82) is 0 Å². The minimum absolute atomic E-state index is 0.0381. The summed E-state index contributed by atoms with van der Waals surface area (Å²) in [6.07, 6.45) is 6.05. The number of aromatic nitrogens is 4. The van der Waals surface area contributed by atoms with Gasteiger partial charge in [0, 0.05) is 19.5 Å². The standard InChI is InChI=1S/C17H18N4O4/c1-3-24-17(23)15-11-21(19-18-15)25-14-9-13(16(22)20(2)10-14)6-4-5-12-7-8-12/h9-12H,3,5,7-8H2,1-2H3. The fraction of sp³-hybridized carbons (Fsp3) is 0.412. The predicted molar refractivity (Wildman–Crippen MR) is 87.9 cm³/mol. The zero-order valence-corrected chi connectivity index (χ0v) is 14.1. The molecule has 0 N–H and O–H groups in total. The Labute approximate surface area is 144 Å². The summed E-state index contributed by atoms with van der Waals surface area (Å²) < 4.78 is 6.23. The van der Waals surface area contributed by atoms with Gasteiger partial charge in [0.05, 0.1) is 18.4 Å². The maximum absolute atomic E-state index is 12.1. The molecule has 1 aliphatic rings. The summed E-state index contributed by atoms with van der Waals surface area (Å²) in [6.45, 7) is 1.95. The Kier molecular flexibility index (Phi) is 4.84. The van der Waals surface area contributed by atoms with Crippen LogP contribution in [0.4, 0.5) is 0 Å². The SMILES string of the molecule is CCOC(=O)c1cn(Oc2cc(C#CCC3CC3)c(=O)n(C)c2)nn1. The first-order chi connectivity index (χ1) is 12.1. The summed E-state index contributed by atoms with van der Waals surface area (Å²) in [6, 6.07) is 1.55. The van der Waals surface area contributed by atoms with Crippen LogP contribution in [0.25, 0.3) is 0 Å². The van der Waals surface area contributed by atoms with Crippen molar-refractivity contribution in [1.82, 2.24) is 19.7 Å². The van der Waals surface area contributed by atoms with Crippen LogP contribution in [0, 0.1) is 17.8 Å². The van der Waals surface area contributed by atoms with Crippen molar-refractivity contribution in [2.24, 2.45) is 13.0 Å². The first kappa shape index (κ1) is 16.8. The highest BCUT2D eigenvalue weighted by atomic mass is 16.7. The molecule has 1 saturated carbocycles. The van der Waals surface area contributed by atoms with Gasteiger partial charge in [0.2, 0.25) is 0 Å². The van der Waals surface area contributed by atoms with Crippen LogP contribution in [0.1, 0.15) is 42.2 Å². The number of ether oxygens (including phenoxy) is 1. The van der Waals surface area contributed by atoms with Gasteiger partial charge >= 0.3 is 5.97 Å². The van der Waals surface area contributed by atoms with Gasteiger partial charge in [-0.05, 0) is 30.9 Å². The molecule has 2 heterocycles. The van der Waals surface area contributed by atoms with E-state index in [0.29, 0.717) is 17.2 Å². The van der Waals surface area contributed by atoms with Crippen LogP contribution in [0.2, 0.25) is 0 Å². The van der Waals surface area contributed by atoms with E-state index in [1.807, 2.05) is 0 Å². The van der Waals surface area contributed by atoms with E-state index in [-0.39, 0.29) is 17.9 Å². The van der Waals surface area contributed by atoms with Crippen LogP contribution in [-0.4, -0.2) is 32.3 Å². The van der Waals surface area contributed by atoms with Crippen molar-refractivity contribution in [3.8, 4) is 17.6 Å². The maximum atomic E-state index is 12.1. The minimum atomic E-state index is -0.579. The average Bonchev–Trinajstić information content (AvgIpc) is 3.28. The smallest absolute Gasteiger partial charge is 0.360 e. The molecule has 130 valence electrons. The quantitative estimate of drug-likeness (QED) is 0.598. The second kappa shape index (κ2) is 7.21. The summed E-state index contributed by atoms with van der Waals surface area (Å²) in [5, 5.41) is 7.40.